The summed E-state index contributed by atoms with van der Waals surface area (Å²) in [5.41, 5.74) is 2.56. The van der Waals surface area contributed by atoms with Crippen molar-refractivity contribution in [3.8, 4) is 0 Å². The van der Waals surface area contributed by atoms with Crippen LogP contribution >= 0.6 is 0 Å². The first-order valence-electron chi connectivity index (χ1n) is 5.99. The predicted molar refractivity (Wildman–Crippen MR) is 66.1 cm³/mol. The van der Waals surface area contributed by atoms with Crippen LogP contribution in [0.4, 0.5) is 0 Å². The molecule has 94 valence electrons. The van der Waals surface area contributed by atoms with E-state index in [0.717, 1.165) is 45.0 Å². The van der Waals surface area contributed by atoms with Gasteiger partial charge in [-0.1, -0.05) is 13.3 Å². The first-order chi connectivity index (χ1) is 7.59. The van der Waals surface area contributed by atoms with Gasteiger partial charge in [0.05, 0.1) is 12.2 Å². The van der Waals surface area contributed by atoms with Crippen molar-refractivity contribution in [3.63, 3.8) is 0 Å². The van der Waals surface area contributed by atoms with Crippen molar-refractivity contribution in [2.75, 3.05) is 26.2 Å². The molecule has 0 spiro atoms. The zero-order valence-corrected chi connectivity index (χ0v) is 10.6. The maximum Gasteiger partial charge on any atom is 0.208 e. The first kappa shape index (κ1) is 13.3. The van der Waals surface area contributed by atoms with Crippen molar-refractivity contribution < 1.29 is 4.74 Å². The molecule has 5 nitrogen and oxygen atoms in total. The van der Waals surface area contributed by atoms with Crippen LogP contribution in [0.1, 0.15) is 33.6 Å². The summed E-state index contributed by atoms with van der Waals surface area (Å²) >= 11 is 0. The minimum atomic E-state index is -0.124. The molecule has 5 heteroatoms. The van der Waals surface area contributed by atoms with E-state index < -0.39 is 0 Å². The molecule has 1 rings (SSSR count). The topological polar surface area (TPSA) is 62.9 Å². The lowest BCUT2D eigenvalue weighted by Crippen LogP contribution is -2.55. The molecule has 0 atom stereocenters. The highest BCUT2D eigenvalue weighted by atomic mass is 16.5. The second kappa shape index (κ2) is 6.06. The van der Waals surface area contributed by atoms with Crippen LogP contribution in [-0.4, -0.2) is 42.7 Å². The van der Waals surface area contributed by atoms with Gasteiger partial charge in [0, 0.05) is 19.6 Å². The number of hydrazine groups is 1. The highest BCUT2D eigenvalue weighted by Gasteiger charge is 2.28. The second-order valence-corrected chi connectivity index (χ2v) is 4.73. The predicted octanol–water partition coefficient (Wildman–Crippen LogP) is 0.717. The van der Waals surface area contributed by atoms with Gasteiger partial charge in [0.1, 0.15) is 0 Å². The van der Waals surface area contributed by atoms with Crippen LogP contribution in [0.15, 0.2) is 4.99 Å². The zero-order chi connectivity index (χ0) is 12.0. The summed E-state index contributed by atoms with van der Waals surface area (Å²) in [5, 5.41) is 0. The van der Waals surface area contributed by atoms with Crippen LogP contribution in [0.25, 0.3) is 0 Å². The van der Waals surface area contributed by atoms with Crippen LogP contribution < -0.4 is 11.3 Å². The summed E-state index contributed by atoms with van der Waals surface area (Å²) in [6, 6.07) is 0. The Bertz CT molecular complexity index is 240. The minimum absolute atomic E-state index is 0.124. The molecule has 16 heavy (non-hydrogen) atoms. The van der Waals surface area contributed by atoms with E-state index in [2.05, 4.69) is 36.1 Å². The van der Waals surface area contributed by atoms with Crippen molar-refractivity contribution in [3.05, 3.63) is 0 Å². The smallest absolute Gasteiger partial charge is 0.208 e. The highest BCUT2D eigenvalue weighted by molar-refractivity contribution is 5.79. The van der Waals surface area contributed by atoms with E-state index in [0.29, 0.717) is 0 Å². The largest absolute Gasteiger partial charge is 0.372 e. The highest BCUT2D eigenvalue weighted by Crippen LogP contribution is 2.16. The summed E-state index contributed by atoms with van der Waals surface area (Å²) in [5.74, 6) is 6.29. The van der Waals surface area contributed by atoms with E-state index in [1.54, 1.807) is 0 Å². The van der Waals surface area contributed by atoms with Crippen LogP contribution in [0.3, 0.4) is 0 Å². The number of nitrogens with zero attached hydrogens (tertiary/aromatic N) is 2. The Morgan fingerprint density at radius 3 is 2.88 bits per heavy atom. The summed E-state index contributed by atoms with van der Waals surface area (Å²) in [6.45, 7) is 9.54. The zero-order valence-electron chi connectivity index (χ0n) is 10.6. The molecule has 1 heterocycles. The Kier molecular flexibility index (Phi) is 5.02. The van der Waals surface area contributed by atoms with Gasteiger partial charge in [-0.15, -0.1) is 0 Å². The molecule has 0 aliphatic carbocycles. The summed E-state index contributed by atoms with van der Waals surface area (Å²) in [7, 11) is 0. The van der Waals surface area contributed by atoms with Crippen LogP contribution in [0.2, 0.25) is 0 Å². The first-order valence-corrected chi connectivity index (χ1v) is 5.99. The number of rotatable bonds is 3. The minimum Gasteiger partial charge on any atom is -0.372 e. The molecule has 3 N–H and O–H groups in total. The molecule has 1 saturated heterocycles. The molecule has 1 aliphatic heterocycles. The Hall–Kier alpha value is -0.810. The SMILES string of the molecule is CCCCN=C(NN)N1CCOC(C)(C)C1. The Labute approximate surface area is 98.0 Å². The Morgan fingerprint density at radius 1 is 1.56 bits per heavy atom. The summed E-state index contributed by atoms with van der Waals surface area (Å²) in [6.07, 6.45) is 2.24. The number of nitrogens with one attached hydrogen (secondary N) is 1. The summed E-state index contributed by atoms with van der Waals surface area (Å²) in [4.78, 5) is 6.62. The standard InChI is InChI=1S/C11H24N4O/c1-4-5-6-13-10(14-12)15-7-8-16-11(2,3)9-15/h4-9,12H2,1-3H3,(H,13,14). The molecular formula is C11H24N4O. The maximum atomic E-state index is 5.65. The molecule has 0 saturated carbocycles. The lowest BCUT2D eigenvalue weighted by molar-refractivity contribution is -0.0685. The number of hydrogen-bond acceptors (Lipinski definition) is 3. The average Bonchev–Trinajstić information content (AvgIpc) is 2.23. The van der Waals surface area contributed by atoms with Gasteiger partial charge in [0.2, 0.25) is 5.96 Å². The fourth-order valence-corrected chi connectivity index (χ4v) is 1.78. The molecule has 1 fully saturated rings. The number of morpholine rings is 1. The molecule has 0 unspecified atom stereocenters. The third kappa shape index (κ3) is 3.98. The van der Waals surface area contributed by atoms with E-state index in [-0.39, 0.29) is 5.60 Å². The van der Waals surface area contributed by atoms with Crippen molar-refractivity contribution in [2.24, 2.45) is 10.8 Å². The van der Waals surface area contributed by atoms with E-state index in [9.17, 15) is 0 Å². The molecule has 0 radical (unpaired) electrons. The van der Waals surface area contributed by atoms with Gasteiger partial charge in [0.15, 0.2) is 0 Å². The van der Waals surface area contributed by atoms with Gasteiger partial charge in [-0.25, -0.2) is 5.84 Å². The molecule has 0 aromatic rings. The quantitative estimate of drug-likeness (QED) is 0.246. The Morgan fingerprint density at radius 2 is 2.31 bits per heavy atom. The van der Waals surface area contributed by atoms with Crippen molar-refractivity contribution in [2.45, 2.75) is 39.2 Å². The van der Waals surface area contributed by atoms with Crippen LogP contribution in [0.5, 0.6) is 0 Å². The summed E-state index contributed by atoms with van der Waals surface area (Å²) < 4.78 is 5.65. The van der Waals surface area contributed by atoms with Gasteiger partial charge >= 0.3 is 0 Å². The van der Waals surface area contributed by atoms with E-state index in [4.69, 9.17) is 10.6 Å². The van der Waals surface area contributed by atoms with Gasteiger partial charge in [-0.2, -0.15) is 0 Å². The van der Waals surface area contributed by atoms with Crippen molar-refractivity contribution in [1.82, 2.24) is 10.3 Å². The van der Waals surface area contributed by atoms with Crippen LogP contribution in [-0.2, 0) is 4.74 Å². The number of aliphatic imine (C=N–C) groups is 1. The molecule has 1 aliphatic rings. The average molecular weight is 228 g/mol. The fraction of sp³-hybridized carbons (Fsp3) is 0.909. The number of unbranched alkanes of at least 4 members (excludes halogenated alkanes) is 1. The number of ether oxygens (including phenoxy) is 1. The van der Waals surface area contributed by atoms with Gasteiger partial charge in [-0.3, -0.25) is 10.4 Å². The molecular weight excluding hydrogens is 204 g/mol. The maximum absolute atomic E-state index is 5.65. The molecule has 0 aromatic heterocycles. The number of guanidine groups is 1. The number of nitrogens with two attached hydrogens (primary N) is 1. The third-order valence-electron chi connectivity index (χ3n) is 2.63. The van der Waals surface area contributed by atoms with Crippen molar-refractivity contribution in [1.29, 1.82) is 0 Å². The van der Waals surface area contributed by atoms with E-state index in [1.165, 1.54) is 0 Å². The molecule has 0 bridgehead atoms. The van der Waals surface area contributed by atoms with Gasteiger partial charge < -0.3 is 9.64 Å². The number of hydrogen-bond donors (Lipinski definition) is 2. The van der Waals surface area contributed by atoms with E-state index >= 15 is 0 Å². The monoisotopic (exact) mass is 228 g/mol. The van der Waals surface area contributed by atoms with Crippen LogP contribution in [0, 0.1) is 0 Å². The van der Waals surface area contributed by atoms with E-state index in [1.807, 2.05) is 0 Å². The van der Waals surface area contributed by atoms with Crippen molar-refractivity contribution >= 4 is 5.96 Å². The lowest BCUT2D eigenvalue weighted by atomic mass is 10.1. The molecule has 0 amide bonds. The fourth-order valence-electron chi connectivity index (χ4n) is 1.78. The normalized spacial score (nSPS) is 21.0. The second-order valence-electron chi connectivity index (χ2n) is 4.73. The van der Waals surface area contributed by atoms with Gasteiger partial charge in [0.25, 0.3) is 0 Å². The third-order valence-corrected chi connectivity index (χ3v) is 2.63. The van der Waals surface area contributed by atoms with Gasteiger partial charge in [-0.05, 0) is 20.3 Å². The lowest BCUT2D eigenvalue weighted by Gasteiger charge is -2.39. The Balaban J connectivity index is 2.55. The molecule has 0 aromatic carbocycles.